The minimum Gasteiger partial charge on any atom is -0.321 e. The van der Waals surface area contributed by atoms with Crippen molar-refractivity contribution in [2.45, 2.75) is 19.3 Å². The molecule has 0 spiro atoms. The van der Waals surface area contributed by atoms with Gasteiger partial charge >= 0.3 is 0 Å². The van der Waals surface area contributed by atoms with Crippen LogP contribution in [0.2, 0.25) is 0 Å². The van der Waals surface area contributed by atoms with E-state index in [0.29, 0.717) is 26.7 Å². The van der Waals surface area contributed by atoms with E-state index in [4.69, 9.17) is 0 Å². The van der Waals surface area contributed by atoms with Crippen molar-refractivity contribution < 1.29 is 18.4 Å². The fraction of sp³-hybridized carbons (Fsp3) is 0.143. The van der Waals surface area contributed by atoms with Crippen LogP contribution in [-0.4, -0.2) is 11.8 Å². The van der Waals surface area contributed by atoms with Crippen molar-refractivity contribution in [1.82, 2.24) is 0 Å². The number of fused-ring (bicyclic) bond motifs is 1. The highest BCUT2D eigenvalue weighted by atomic mass is 32.1. The van der Waals surface area contributed by atoms with Gasteiger partial charge in [-0.3, -0.25) is 9.59 Å². The monoisotopic (exact) mass is 398 g/mol. The number of hydrogen-bond donors (Lipinski definition) is 2. The standard InChI is InChI=1S/C21H16F2N2O2S/c1-11-18-15(14-9-12(22)7-8-16(14)23)10-17(26)25-21(18)28-19(11)20(27)24-13-5-3-2-4-6-13/h2-9,15H,10H2,1H3,(H,24,27)(H,25,26)/t15-/m1/s1. The number of carbonyl (C=O) groups excluding carboxylic acids is 2. The van der Waals surface area contributed by atoms with Crippen molar-refractivity contribution >= 4 is 33.8 Å². The number of hydrogen-bond acceptors (Lipinski definition) is 3. The number of benzene rings is 2. The maximum atomic E-state index is 14.4. The van der Waals surface area contributed by atoms with Crippen molar-refractivity contribution in [1.29, 1.82) is 0 Å². The molecule has 142 valence electrons. The molecule has 2 heterocycles. The first kappa shape index (κ1) is 18.3. The van der Waals surface area contributed by atoms with Gasteiger partial charge in [-0.1, -0.05) is 18.2 Å². The summed E-state index contributed by atoms with van der Waals surface area (Å²) in [6.07, 6.45) is -0.00924. The molecule has 0 bridgehead atoms. The van der Waals surface area contributed by atoms with Crippen molar-refractivity contribution in [2.75, 3.05) is 10.6 Å². The molecule has 3 aromatic rings. The van der Waals surface area contributed by atoms with Gasteiger partial charge in [-0.25, -0.2) is 8.78 Å². The zero-order valence-electron chi connectivity index (χ0n) is 14.9. The SMILES string of the molecule is Cc1c(C(=O)Nc2ccccc2)sc2c1[C@@H](c1cc(F)ccc1F)CC(=O)N2. The van der Waals surface area contributed by atoms with Gasteiger partial charge in [-0.2, -0.15) is 0 Å². The molecule has 2 aromatic carbocycles. The molecule has 0 saturated carbocycles. The van der Waals surface area contributed by atoms with Gasteiger partial charge in [0.2, 0.25) is 5.91 Å². The summed E-state index contributed by atoms with van der Waals surface area (Å²) in [4.78, 5) is 25.3. The number of rotatable bonds is 3. The van der Waals surface area contributed by atoms with Gasteiger partial charge in [-0.05, 0) is 53.9 Å². The van der Waals surface area contributed by atoms with E-state index in [-0.39, 0.29) is 23.8 Å². The number of para-hydroxylation sites is 1. The molecule has 28 heavy (non-hydrogen) atoms. The number of thiophene rings is 1. The van der Waals surface area contributed by atoms with Gasteiger partial charge in [-0.15, -0.1) is 11.3 Å². The second-order valence-electron chi connectivity index (χ2n) is 6.59. The summed E-state index contributed by atoms with van der Waals surface area (Å²) in [5, 5.41) is 6.08. The van der Waals surface area contributed by atoms with Crippen LogP contribution in [0, 0.1) is 18.6 Å². The molecule has 1 aliphatic rings. The Hall–Kier alpha value is -3.06. The molecule has 4 rings (SSSR count). The average molecular weight is 398 g/mol. The summed E-state index contributed by atoms with van der Waals surface area (Å²) in [7, 11) is 0. The Morgan fingerprint density at radius 1 is 1.18 bits per heavy atom. The van der Waals surface area contributed by atoms with Gasteiger partial charge in [0.25, 0.3) is 5.91 Å². The first-order valence-electron chi connectivity index (χ1n) is 8.68. The minimum absolute atomic E-state index is 0.00924. The third-order valence-electron chi connectivity index (χ3n) is 4.76. The van der Waals surface area contributed by atoms with Gasteiger partial charge in [0.1, 0.15) is 11.6 Å². The van der Waals surface area contributed by atoms with E-state index in [1.807, 2.05) is 18.2 Å². The Morgan fingerprint density at radius 2 is 1.93 bits per heavy atom. The fourth-order valence-electron chi connectivity index (χ4n) is 3.48. The van der Waals surface area contributed by atoms with Crippen molar-refractivity contribution in [3.8, 4) is 0 Å². The van der Waals surface area contributed by atoms with Gasteiger partial charge < -0.3 is 10.6 Å². The molecule has 0 saturated heterocycles. The number of halogens is 2. The average Bonchev–Trinajstić information content (AvgIpc) is 3.00. The summed E-state index contributed by atoms with van der Waals surface area (Å²) < 4.78 is 28.1. The Kier molecular flexibility index (Phi) is 4.68. The molecule has 1 atom stereocenters. The van der Waals surface area contributed by atoms with E-state index in [1.54, 1.807) is 19.1 Å². The summed E-state index contributed by atoms with van der Waals surface area (Å²) in [5.74, 6) is -2.39. The topological polar surface area (TPSA) is 58.2 Å². The molecule has 1 aromatic heterocycles. The number of anilines is 2. The zero-order chi connectivity index (χ0) is 19.8. The van der Waals surface area contributed by atoms with Gasteiger partial charge in [0.05, 0.1) is 9.88 Å². The van der Waals surface area contributed by atoms with Crippen molar-refractivity contribution in [2.24, 2.45) is 0 Å². The van der Waals surface area contributed by atoms with Crippen LogP contribution in [0.5, 0.6) is 0 Å². The number of carbonyl (C=O) groups is 2. The second-order valence-corrected chi connectivity index (χ2v) is 7.61. The Labute approximate surface area is 164 Å². The van der Waals surface area contributed by atoms with Crippen LogP contribution in [0.15, 0.2) is 48.5 Å². The molecule has 2 N–H and O–H groups in total. The maximum absolute atomic E-state index is 14.4. The molecule has 0 fully saturated rings. The maximum Gasteiger partial charge on any atom is 0.266 e. The first-order chi connectivity index (χ1) is 13.4. The lowest BCUT2D eigenvalue weighted by Crippen LogP contribution is -2.23. The first-order valence-corrected chi connectivity index (χ1v) is 9.50. The predicted molar refractivity (Wildman–Crippen MR) is 105 cm³/mol. The van der Waals surface area contributed by atoms with Crippen LogP contribution in [0.1, 0.15) is 38.7 Å². The second kappa shape index (κ2) is 7.16. The molecular weight excluding hydrogens is 382 g/mol. The molecule has 0 radical (unpaired) electrons. The van der Waals surface area contributed by atoms with Crippen LogP contribution < -0.4 is 10.6 Å². The highest BCUT2D eigenvalue weighted by Gasteiger charge is 2.34. The van der Waals surface area contributed by atoms with Crippen LogP contribution >= 0.6 is 11.3 Å². The van der Waals surface area contributed by atoms with E-state index < -0.39 is 17.6 Å². The van der Waals surface area contributed by atoms with E-state index in [9.17, 15) is 18.4 Å². The van der Waals surface area contributed by atoms with Crippen LogP contribution in [0.3, 0.4) is 0 Å². The summed E-state index contributed by atoms with van der Waals surface area (Å²) in [6, 6.07) is 12.2. The predicted octanol–water partition coefficient (Wildman–Crippen LogP) is 5.06. The smallest absolute Gasteiger partial charge is 0.266 e. The summed E-state index contributed by atoms with van der Waals surface area (Å²) in [6.45, 7) is 1.76. The molecule has 2 amide bonds. The van der Waals surface area contributed by atoms with Crippen LogP contribution in [0.4, 0.5) is 19.5 Å². The molecule has 1 aliphatic heterocycles. The molecular formula is C21H16F2N2O2S. The van der Waals surface area contributed by atoms with Crippen molar-refractivity contribution in [3.63, 3.8) is 0 Å². The minimum atomic E-state index is -0.644. The van der Waals surface area contributed by atoms with Crippen molar-refractivity contribution in [3.05, 3.63) is 81.7 Å². The largest absolute Gasteiger partial charge is 0.321 e. The van der Waals surface area contributed by atoms with Gasteiger partial charge in [0, 0.05) is 18.0 Å². The summed E-state index contributed by atoms with van der Waals surface area (Å²) >= 11 is 1.14. The highest BCUT2D eigenvalue weighted by Crippen LogP contribution is 2.45. The molecule has 4 nitrogen and oxygen atoms in total. The quantitative estimate of drug-likeness (QED) is 0.648. The van der Waals surface area contributed by atoms with E-state index in [0.717, 1.165) is 29.5 Å². The lowest BCUT2D eigenvalue weighted by Gasteiger charge is -2.24. The Morgan fingerprint density at radius 3 is 2.68 bits per heavy atom. The van der Waals surface area contributed by atoms with Crippen LogP contribution in [0.25, 0.3) is 0 Å². The van der Waals surface area contributed by atoms with Crippen LogP contribution in [-0.2, 0) is 4.79 Å². The van der Waals surface area contributed by atoms with Gasteiger partial charge in [0.15, 0.2) is 0 Å². The lowest BCUT2D eigenvalue weighted by molar-refractivity contribution is -0.116. The van der Waals surface area contributed by atoms with E-state index >= 15 is 0 Å². The number of amides is 2. The lowest BCUT2D eigenvalue weighted by atomic mass is 9.84. The Balaban J connectivity index is 1.76. The van der Waals surface area contributed by atoms with E-state index in [2.05, 4.69) is 10.6 Å². The number of nitrogens with one attached hydrogen (secondary N) is 2. The Bertz CT molecular complexity index is 1080. The molecule has 7 heteroatoms. The zero-order valence-corrected chi connectivity index (χ0v) is 15.7. The van der Waals surface area contributed by atoms with E-state index in [1.165, 1.54) is 0 Å². The normalized spacial score (nSPS) is 15.7. The fourth-order valence-corrected chi connectivity index (χ4v) is 4.66. The highest BCUT2D eigenvalue weighted by molar-refractivity contribution is 7.18. The summed E-state index contributed by atoms with van der Waals surface area (Å²) in [5.41, 5.74) is 2.08. The third-order valence-corrected chi connectivity index (χ3v) is 5.98. The third kappa shape index (κ3) is 3.29. The molecule has 0 unspecified atom stereocenters. The molecule has 0 aliphatic carbocycles.